The van der Waals surface area contributed by atoms with Crippen LogP contribution >= 0.6 is 0 Å². The number of fused-ring (bicyclic) bond motifs is 1. The van der Waals surface area contributed by atoms with Crippen LogP contribution in [-0.4, -0.2) is 26.7 Å². The Bertz CT molecular complexity index is 976. The molecule has 1 atom stereocenters. The molecule has 2 aromatic carbocycles. The fourth-order valence-corrected chi connectivity index (χ4v) is 3.83. The van der Waals surface area contributed by atoms with Gasteiger partial charge in [-0.05, 0) is 48.7 Å². The summed E-state index contributed by atoms with van der Waals surface area (Å²) in [6.45, 7) is 2.02. The van der Waals surface area contributed by atoms with Gasteiger partial charge in [-0.1, -0.05) is 29.8 Å². The molecule has 0 fully saturated rings. The highest BCUT2D eigenvalue weighted by Crippen LogP contribution is 2.28. The van der Waals surface area contributed by atoms with Crippen LogP contribution in [0, 0.1) is 6.92 Å². The number of rotatable bonds is 7. The summed E-state index contributed by atoms with van der Waals surface area (Å²) in [5, 5.41) is 11.5. The lowest BCUT2D eigenvalue weighted by molar-refractivity contribution is -0.136. The zero-order valence-electron chi connectivity index (χ0n) is 15.2. The molecule has 3 rings (SSSR count). The first kappa shape index (κ1) is 19.1. The normalized spacial score (nSPS) is 12.6. The SMILES string of the molecule is COc1ccc2c(c1)c(CCC(=O)O)cn2[S+]([O-])/C=C/c1ccc(C)cc1. The van der Waals surface area contributed by atoms with Gasteiger partial charge in [0.1, 0.15) is 22.5 Å². The predicted octanol–water partition coefficient (Wildman–Crippen LogP) is 4.16. The van der Waals surface area contributed by atoms with Gasteiger partial charge in [0, 0.05) is 11.8 Å². The van der Waals surface area contributed by atoms with Crippen LogP contribution in [0.1, 0.15) is 23.1 Å². The molecule has 3 aromatic rings. The van der Waals surface area contributed by atoms with Gasteiger partial charge in [-0.3, -0.25) is 4.79 Å². The van der Waals surface area contributed by atoms with E-state index in [-0.39, 0.29) is 6.42 Å². The molecule has 0 aliphatic rings. The smallest absolute Gasteiger partial charge is 0.303 e. The average molecular weight is 383 g/mol. The minimum Gasteiger partial charge on any atom is -0.588 e. The van der Waals surface area contributed by atoms with Gasteiger partial charge in [-0.2, -0.15) is 3.97 Å². The summed E-state index contributed by atoms with van der Waals surface area (Å²) in [5.41, 5.74) is 3.76. The molecular formula is C21H21NO4S. The van der Waals surface area contributed by atoms with Crippen molar-refractivity contribution in [3.8, 4) is 5.75 Å². The molecule has 0 spiro atoms. The van der Waals surface area contributed by atoms with E-state index in [1.54, 1.807) is 28.8 Å². The maximum Gasteiger partial charge on any atom is 0.303 e. The van der Waals surface area contributed by atoms with E-state index in [4.69, 9.17) is 9.84 Å². The van der Waals surface area contributed by atoms with E-state index in [2.05, 4.69) is 0 Å². The Hall–Kier alpha value is -2.70. The molecule has 0 aliphatic carbocycles. The Labute approximate surface area is 161 Å². The highest BCUT2D eigenvalue weighted by Gasteiger charge is 2.17. The van der Waals surface area contributed by atoms with Crippen LogP contribution in [0.4, 0.5) is 0 Å². The summed E-state index contributed by atoms with van der Waals surface area (Å²) in [4.78, 5) is 11.0. The van der Waals surface area contributed by atoms with Gasteiger partial charge in [0.25, 0.3) is 0 Å². The zero-order chi connectivity index (χ0) is 19.4. The summed E-state index contributed by atoms with van der Waals surface area (Å²) in [6, 6.07) is 13.5. The third-order valence-electron chi connectivity index (χ3n) is 4.32. The Kier molecular flexibility index (Phi) is 5.88. The summed E-state index contributed by atoms with van der Waals surface area (Å²) in [6.07, 6.45) is 3.97. The van der Waals surface area contributed by atoms with Gasteiger partial charge in [0.2, 0.25) is 0 Å². The number of aliphatic carboxylic acids is 1. The monoisotopic (exact) mass is 383 g/mol. The molecule has 0 amide bonds. The van der Waals surface area contributed by atoms with E-state index in [1.807, 2.05) is 49.4 Å². The maximum absolute atomic E-state index is 12.8. The van der Waals surface area contributed by atoms with Crippen molar-refractivity contribution >= 4 is 34.3 Å². The van der Waals surface area contributed by atoms with Crippen LogP contribution in [-0.2, 0) is 22.6 Å². The van der Waals surface area contributed by atoms with Crippen molar-refractivity contribution in [2.75, 3.05) is 7.11 Å². The van der Waals surface area contributed by atoms with Crippen LogP contribution < -0.4 is 4.74 Å². The van der Waals surface area contributed by atoms with E-state index in [0.29, 0.717) is 12.2 Å². The van der Waals surface area contributed by atoms with Crippen molar-refractivity contribution in [3.05, 3.63) is 70.8 Å². The van der Waals surface area contributed by atoms with E-state index in [1.165, 1.54) is 5.56 Å². The highest BCUT2D eigenvalue weighted by molar-refractivity contribution is 7.93. The standard InChI is InChI=1S/C21H21NO4S/c1-15-3-5-16(6-4-15)11-12-27(25)22-14-17(7-10-21(23)24)19-13-18(26-2)8-9-20(19)22/h3-6,8-9,11-14H,7,10H2,1-2H3,(H,23,24)/b12-11+. The molecule has 0 saturated heterocycles. The number of carboxylic acids is 1. The van der Waals surface area contributed by atoms with Gasteiger partial charge < -0.3 is 14.4 Å². The van der Waals surface area contributed by atoms with Gasteiger partial charge in [-0.15, -0.1) is 0 Å². The zero-order valence-corrected chi connectivity index (χ0v) is 16.0. The number of benzene rings is 2. The molecule has 6 heteroatoms. The van der Waals surface area contributed by atoms with Crippen molar-refractivity contribution in [1.82, 2.24) is 3.97 Å². The molecule has 140 valence electrons. The molecule has 1 unspecified atom stereocenters. The number of hydrogen-bond acceptors (Lipinski definition) is 3. The topological polar surface area (TPSA) is 74.5 Å². The molecule has 1 aromatic heterocycles. The molecule has 0 saturated carbocycles. The lowest BCUT2D eigenvalue weighted by Crippen LogP contribution is -2.07. The molecule has 5 nitrogen and oxygen atoms in total. The van der Waals surface area contributed by atoms with Crippen molar-refractivity contribution in [2.24, 2.45) is 0 Å². The highest BCUT2D eigenvalue weighted by atomic mass is 32.2. The first-order valence-electron chi connectivity index (χ1n) is 8.53. The molecule has 0 bridgehead atoms. The van der Waals surface area contributed by atoms with Crippen LogP contribution in [0.2, 0.25) is 0 Å². The fourth-order valence-electron chi connectivity index (χ4n) is 2.84. The van der Waals surface area contributed by atoms with Crippen LogP contribution in [0.3, 0.4) is 0 Å². The van der Waals surface area contributed by atoms with Crippen LogP contribution in [0.5, 0.6) is 5.75 Å². The van der Waals surface area contributed by atoms with Gasteiger partial charge in [-0.25, -0.2) is 0 Å². The maximum atomic E-state index is 12.8. The summed E-state index contributed by atoms with van der Waals surface area (Å²) in [5.74, 6) is -0.183. The number of ether oxygens (including phenoxy) is 1. The Morgan fingerprint density at radius 3 is 2.67 bits per heavy atom. The molecular weight excluding hydrogens is 362 g/mol. The predicted molar refractivity (Wildman–Crippen MR) is 108 cm³/mol. The van der Waals surface area contributed by atoms with Crippen molar-refractivity contribution in [3.63, 3.8) is 0 Å². The lowest BCUT2D eigenvalue weighted by Gasteiger charge is -2.07. The third kappa shape index (κ3) is 4.53. The number of carboxylic acid groups (broad SMARTS) is 1. The van der Waals surface area contributed by atoms with E-state index in [9.17, 15) is 9.35 Å². The Morgan fingerprint density at radius 2 is 2.00 bits per heavy atom. The Morgan fingerprint density at radius 1 is 1.26 bits per heavy atom. The molecule has 1 N–H and O–H groups in total. The molecule has 0 aliphatic heterocycles. The lowest BCUT2D eigenvalue weighted by atomic mass is 10.1. The summed E-state index contributed by atoms with van der Waals surface area (Å²) in [7, 11) is 1.58. The van der Waals surface area contributed by atoms with E-state index in [0.717, 1.165) is 22.0 Å². The van der Waals surface area contributed by atoms with Crippen molar-refractivity contribution in [2.45, 2.75) is 19.8 Å². The third-order valence-corrected chi connectivity index (χ3v) is 5.38. The van der Waals surface area contributed by atoms with Crippen molar-refractivity contribution < 1.29 is 19.2 Å². The van der Waals surface area contributed by atoms with Crippen LogP contribution in [0.15, 0.2) is 54.1 Å². The first-order valence-corrected chi connectivity index (χ1v) is 9.70. The molecule has 27 heavy (non-hydrogen) atoms. The number of nitrogens with zero attached hydrogens (tertiary/aromatic N) is 1. The summed E-state index contributed by atoms with van der Waals surface area (Å²) < 4.78 is 19.8. The number of aromatic nitrogens is 1. The number of carbonyl (C=O) groups is 1. The fraction of sp³-hybridized carbons (Fsp3) is 0.190. The molecule has 1 heterocycles. The van der Waals surface area contributed by atoms with Crippen LogP contribution in [0.25, 0.3) is 17.0 Å². The number of hydrogen-bond donors (Lipinski definition) is 1. The van der Waals surface area contributed by atoms with Gasteiger partial charge >= 0.3 is 5.97 Å². The minimum atomic E-state index is -1.42. The van der Waals surface area contributed by atoms with E-state index >= 15 is 0 Å². The first-order chi connectivity index (χ1) is 13.0. The minimum absolute atomic E-state index is 0.0160. The van der Waals surface area contributed by atoms with Gasteiger partial charge in [0.15, 0.2) is 0 Å². The second kappa shape index (κ2) is 8.33. The number of aryl methyl sites for hydroxylation is 2. The second-order valence-electron chi connectivity index (χ2n) is 6.25. The van der Waals surface area contributed by atoms with Crippen molar-refractivity contribution in [1.29, 1.82) is 0 Å². The molecule has 0 radical (unpaired) electrons. The Balaban J connectivity index is 1.94. The van der Waals surface area contributed by atoms with Gasteiger partial charge in [0.05, 0.1) is 18.8 Å². The largest absolute Gasteiger partial charge is 0.588 e. The quantitative estimate of drug-likeness (QED) is 0.622. The number of methoxy groups -OCH3 is 1. The average Bonchev–Trinajstić information content (AvgIpc) is 3.03. The van der Waals surface area contributed by atoms with E-state index < -0.39 is 17.3 Å². The second-order valence-corrected chi connectivity index (χ2v) is 7.46. The summed E-state index contributed by atoms with van der Waals surface area (Å²) >= 11 is -1.42.